The van der Waals surface area contributed by atoms with Gasteiger partial charge in [0, 0.05) is 35.3 Å². The lowest BCUT2D eigenvalue weighted by molar-refractivity contribution is 0.0955. The van der Waals surface area contributed by atoms with Crippen LogP contribution in [0.25, 0.3) is 0 Å². The summed E-state index contributed by atoms with van der Waals surface area (Å²) in [4.78, 5) is 19.4. The Balaban J connectivity index is 2.12. The average molecular weight is 302 g/mol. The van der Waals surface area contributed by atoms with Gasteiger partial charge in [0.1, 0.15) is 11.4 Å². The second-order valence-corrected chi connectivity index (χ2v) is 4.25. The maximum absolute atomic E-state index is 11.7. The van der Waals surface area contributed by atoms with Gasteiger partial charge in [-0.15, -0.1) is 0 Å². The number of hydrogen-bond donors (Lipinski definition) is 4. The van der Waals surface area contributed by atoms with E-state index >= 15 is 0 Å². The number of aliphatic hydroxyl groups excluding tert-OH is 2. The highest BCUT2D eigenvalue weighted by Crippen LogP contribution is 2.23. The van der Waals surface area contributed by atoms with Crippen LogP contribution in [0, 0.1) is 0 Å². The zero-order valence-electron chi connectivity index (χ0n) is 11.5. The van der Waals surface area contributed by atoms with Crippen LogP contribution in [-0.4, -0.2) is 37.4 Å². The molecule has 114 valence electrons. The molecule has 8 heteroatoms. The Kier molecular flexibility index (Phi) is 5.12. The third-order valence-electron chi connectivity index (χ3n) is 2.90. The smallest absolute Gasteiger partial charge is 0.271 e. The van der Waals surface area contributed by atoms with Crippen molar-refractivity contribution < 1.29 is 20.1 Å². The first-order valence-corrected chi connectivity index (χ1v) is 6.32. The van der Waals surface area contributed by atoms with Crippen LogP contribution >= 0.6 is 0 Å². The van der Waals surface area contributed by atoms with Gasteiger partial charge in [0.15, 0.2) is 0 Å². The van der Waals surface area contributed by atoms with Crippen molar-refractivity contribution in [2.24, 2.45) is 5.10 Å². The van der Waals surface area contributed by atoms with E-state index in [-0.39, 0.29) is 23.6 Å². The number of hydrogen-bond acceptors (Lipinski definition) is 7. The maximum Gasteiger partial charge on any atom is 0.271 e. The molecule has 0 saturated heterocycles. The number of nitrogens with one attached hydrogen (secondary N) is 1. The lowest BCUT2D eigenvalue weighted by atomic mass is 10.1. The predicted octanol–water partition coefficient (Wildman–Crippen LogP) is -0.0693. The fourth-order valence-electron chi connectivity index (χ4n) is 1.72. The van der Waals surface area contributed by atoms with Crippen LogP contribution in [0.2, 0.25) is 0 Å². The molecule has 0 bridgehead atoms. The fourth-order valence-corrected chi connectivity index (χ4v) is 1.72. The van der Waals surface area contributed by atoms with E-state index in [0.717, 1.165) is 6.21 Å². The Morgan fingerprint density at radius 1 is 1.27 bits per heavy atom. The normalized spacial score (nSPS) is 10.8. The molecular formula is C14H14N4O4. The highest BCUT2D eigenvalue weighted by Gasteiger charge is 2.11. The molecule has 1 amide bonds. The Morgan fingerprint density at radius 3 is 2.64 bits per heavy atom. The van der Waals surface area contributed by atoms with E-state index in [0.29, 0.717) is 11.1 Å². The van der Waals surface area contributed by atoms with Crippen molar-refractivity contribution in [1.29, 1.82) is 0 Å². The van der Waals surface area contributed by atoms with Crippen molar-refractivity contribution in [3.8, 4) is 5.75 Å². The first-order valence-electron chi connectivity index (χ1n) is 6.32. The second kappa shape index (κ2) is 7.25. The van der Waals surface area contributed by atoms with Crippen LogP contribution in [0.5, 0.6) is 5.75 Å². The van der Waals surface area contributed by atoms with Gasteiger partial charge < -0.3 is 15.3 Å². The maximum atomic E-state index is 11.7. The highest BCUT2D eigenvalue weighted by atomic mass is 16.3. The Labute approximate surface area is 125 Å². The molecule has 22 heavy (non-hydrogen) atoms. The molecule has 0 aliphatic rings. The summed E-state index contributed by atoms with van der Waals surface area (Å²) in [6.45, 7) is -0.804. The predicted molar refractivity (Wildman–Crippen MR) is 77.0 cm³/mol. The topological polar surface area (TPSA) is 128 Å². The first-order chi connectivity index (χ1) is 10.7. The molecule has 4 N–H and O–H groups in total. The summed E-state index contributed by atoms with van der Waals surface area (Å²) in [7, 11) is 0. The van der Waals surface area contributed by atoms with Crippen molar-refractivity contribution in [1.82, 2.24) is 15.4 Å². The van der Waals surface area contributed by atoms with E-state index in [4.69, 9.17) is 5.11 Å². The monoisotopic (exact) mass is 302 g/mol. The number of aromatic hydroxyl groups is 1. The molecule has 0 aromatic carbocycles. The number of carbonyl (C=O) groups is 1. The summed E-state index contributed by atoms with van der Waals surface area (Å²) < 4.78 is 0. The zero-order valence-corrected chi connectivity index (χ0v) is 11.5. The Hall–Kier alpha value is -2.84. The van der Waals surface area contributed by atoms with Gasteiger partial charge in [0.25, 0.3) is 5.91 Å². The molecule has 2 rings (SSSR count). The van der Waals surface area contributed by atoms with Gasteiger partial charge in [0.2, 0.25) is 0 Å². The van der Waals surface area contributed by atoms with Gasteiger partial charge in [-0.2, -0.15) is 5.10 Å². The van der Waals surface area contributed by atoms with Crippen LogP contribution in [0.4, 0.5) is 0 Å². The second-order valence-electron chi connectivity index (χ2n) is 4.25. The molecule has 0 fully saturated rings. The third-order valence-corrected chi connectivity index (χ3v) is 2.90. The minimum absolute atomic E-state index is 0.0660. The van der Waals surface area contributed by atoms with Crippen molar-refractivity contribution in [3.63, 3.8) is 0 Å². The number of aliphatic hydroxyl groups is 2. The first kappa shape index (κ1) is 15.5. The number of rotatable bonds is 5. The van der Waals surface area contributed by atoms with Gasteiger partial charge in [-0.3, -0.25) is 14.8 Å². The van der Waals surface area contributed by atoms with Crippen LogP contribution < -0.4 is 5.43 Å². The summed E-state index contributed by atoms with van der Waals surface area (Å²) in [5.74, 6) is -0.733. The van der Waals surface area contributed by atoms with Crippen molar-refractivity contribution >= 4 is 12.1 Å². The minimum atomic E-state index is -0.450. The lowest BCUT2D eigenvalue weighted by Crippen LogP contribution is -2.17. The Morgan fingerprint density at radius 2 is 2.00 bits per heavy atom. The van der Waals surface area contributed by atoms with Crippen molar-refractivity contribution in [3.05, 3.63) is 53.1 Å². The van der Waals surface area contributed by atoms with Crippen LogP contribution in [0.3, 0.4) is 0 Å². The number of pyridine rings is 2. The van der Waals surface area contributed by atoms with Crippen molar-refractivity contribution in [2.45, 2.75) is 13.2 Å². The SMILES string of the molecule is O=C(N/N=C/c1ncc(CO)c(CO)c1O)c1ccncc1. The molecular weight excluding hydrogens is 288 g/mol. The molecule has 0 aliphatic heterocycles. The third kappa shape index (κ3) is 3.43. The summed E-state index contributed by atoms with van der Waals surface area (Å²) in [6, 6.07) is 3.06. The summed E-state index contributed by atoms with van der Waals surface area (Å²) in [6.07, 6.45) is 5.42. The molecule has 0 saturated carbocycles. The fraction of sp³-hybridized carbons (Fsp3) is 0.143. The van der Waals surface area contributed by atoms with Crippen LogP contribution in [0.1, 0.15) is 27.2 Å². The lowest BCUT2D eigenvalue weighted by Gasteiger charge is -2.08. The van der Waals surface area contributed by atoms with E-state index in [1.54, 1.807) is 0 Å². The van der Waals surface area contributed by atoms with E-state index in [9.17, 15) is 15.0 Å². The van der Waals surface area contributed by atoms with E-state index in [2.05, 4.69) is 20.5 Å². The number of aromatic nitrogens is 2. The molecule has 0 radical (unpaired) electrons. The molecule has 2 heterocycles. The summed E-state index contributed by atoms with van der Waals surface area (Å²) in [5.41, 5.74) is 3.22. The van der Waals surface area contributed by atoms with Gasteiger partial charge in [-0.05, 0) is 12.1 Å². The molecule has 0 aliphatic carbocycles. The van der Waals surface area contributed by atoms with Gasteiger partial charge >= 0.3 is 0 Å². The number of hydrazone groups is 1. The molecule has 0 unspecified atom stereocenters. The van der Waals surface area contributed by atoms with Crippen molar-refractivity contribution in [2.75, 3.05) is 0 Å². The minimum Gasteiger partial charge on any atom is -0.505 e. The number of carbonyl (C=O) groups excluding carboxylic acids is 1. The summed E-state index contributed by atoms with van der Waals surface area (Å²) in [5, 5.41) is 31.9. The highest BCUT2D eigenvalue weighted by molar-refractivity contribution is 5.94. The summed E-state index contributed by atoms with van der Waals surface area (Å²) >= 11 is 0. The quantitative estimate of drug-likeness (QED) is 0.452. The van der Waals surface area contributed by atoms with E-state index in [1.807, 2.05) is 0 Å². The molecule has 2 aromatic heterocycles. The van der Waals surface area contributed by atoms with Crippen LogP contribution in [-0.2, 0) is 13.2 Å². The number of nitrogens with zero attached hydrogens (tertiary/aromatic N) is 3. The average Bonchev–Trinajstić information content (AvgIpc) is 2.56. The molecule has 0 spiro atoms. The van der Waals surface area contributed by atoms with E-state index < -0.39 is 12.5 Å². The van der Waals surface area contributed by atoms with Crippen LogP contribution in [0.15, 0.2) is 35.8 Å². The molecule has 8 nitrogen and oxygen atoms in total. The standard InChI is InChI=1S/C14H14N4O4/c19-7-10-5-16-12(13(21)11(10)8-20)6-17-18-14(22)9-1-3-15-4-2-9/h1-6,19-21H,7-8H2,(H,18,22)/b17-6+. The zero-order chi connectivity index (χ0) is 15.9. The number of amides is 1. The molecule has 0 atom stereocenters. The molecule has 2 aromatic rings. The largest absolute Gasteiger partial charge is 0.505 e. The van der Waals surface area contributed by atoms with E-state index in [1.165, 1.54) is 30.7 Å². The van der Waals surface area contributed by atoms with Gasteiger partial charge in [-0.1, -0.05) is 0 Å². The Bertz CT molecular complexity index is 689. The van der Waals surface area contributed by atoms with Gasteiger partial charge in [0.05, 0.1) is 19.4 Å². The van der Waals surface area contributed by atoms with Gasteiger partial charge in [-0.25, -0.2) is 5.43 Å².